The van der Waals surface area contributed by atoms with Crippen molar-refractivity contribution in [2.75, 3.05) is 44.7 Å². The third-order valence-corrected chi connectivity index (χ3v) is 4.07. The van der Waals surface area contributed by atoms with E-state index in [4.69, 9.17) is 4.74 Å². The van der Waals surface area contributed by atoms with Gasteiger partial charge in [0.25, 0.3) is 0 Å². The number of nitrogens with zero attached hydrogens (tertiary/aromatic N) is 4. The van der Waals surface area contributed by atoms with Crippen LogP contribution in [0.2, 0.25) is 0 Å². The van der Waals surface area contributed by atoms with E-state index in [2.05, 4.69) is 26.3 Å². The number of morpholine rings is 1. The van der Waals surface area contributed by atoms with E-state index in [1.165, 1.54) is 0 Å². The predicted octanol–water partition coefficient (Wildman–Crippen LogP) is 2.15. The lowest BCUT2D eigenvalue weighted by Crippen LogP contribution is -2.37. The summed E-state index contributed by atoms with van der Waals surface area (Å²) in [5.41, 5.74) is 2.50. The van der Waals surface area contributed by atoms with E-state index in [1.807, 2.05) is 18.2 Å². The van der Waals surface area contributed by atoms with Crippen LogP contribution in [-0.2, 0) is 4.74 Å². The van der Waals surface area contributed by atoms with Crippen LogP contribution in [0.25, 0.3) is 11.1 Å². The average molecular weight is 323 g/mol. The maximum absolute atomic E-state index is 9.39. The Bertz CT molecular complexity index is 692. The normalized spacial score (nSPS) is 15.0. The molecule has 6 nitrogen and oxygen atoms in total. The first-order valence-corrected chi connectivity index (χ1v) is 8.21. The average Bonchev–Trinajstić information content (AvgIpc) is 2.67. The number of hydrogen-bond donors (Lipinski definition) is 1. The van der Waals surface area contributed by atoms with Gasteiger partial charge in [-0.15, -0.1) is 0 Å². The molecule has 0 aromatic carbocycles. The molecule has 0 aliphatic carbocycles. The van der Waals surface area contributed by atoms with Crippen LogP contribution in [0.5, 0.6) is 0 Å². The highest BCUT2D eigenvalue weighted by Gasteiger charge is 2.10. The van der Waals surface area contributed by atoms with Crippen molar-refractivity contribution >= 4 is 5.82 Å². The van der Waals surface area contributed by atoms with Crippen molar-refractivity contribution in [3.63, 3.8) is 0 Å². The number of nitriles is 1. The second kappa shape index (κ2) is 8.39. The Kier molecular flexibility index (Phi) is 5.72. The fourth-order valence-electron chi connectivity index (χ4n) is 2.73. The van der Waals surface area contributed by atoms with Gasteiger partial charge in [-0.3, -0.25) is 9.88 Å². The second-order valence-corrected chi connectivity index (χ2v) is 5.70. The van der Waals surface area contributed by atoms with Crippen LogP contribution in [-0.4, -0.2) is 54.3 Å². The molecule has 0 amide bonds. The molecule has 0 saturated carbocycles. The van der Waals surface area contributed by atoms with Gasteiger partial charge in [0.2, 0.25) is 0 Å². The smallest absolute Gasteiger partial charge is 0.143 e. The second-order valence-electron chi connectivity index (χ2n) is 5.70. The molecule has 0 spiro atoms. The molecule has 2 aromatic rings. The van der Waals surface area contributed by atoms with E-state index in [9.17, 15) is 5.26 Å². The van der Waals surface area contributed by atoms with E-state index in [1.54, 1.807) is 18.6 Å². The maximum atomic E-state index is 9.39. The number of aromatic nitrogens is 2. The third-order valence-electron chi connectivity index (χ3n) is 4.07. The summed E-state index contributed by atoms with van der Waals surface area (Å²) in [6, 6.07) is 7.92. The zero-order chi connectivity index (χ0) is 16.6. The minimum atomic E-state index is 0.565. The van der Waals surface area contributed by atoms with Gasteiger partial charge in [-0.1, -0.05) is 0 Å². The molecule has 0 radical (unpaired) electrons. The lowest BCUT2D eigenvalue weighted by Gasteiger charge is -2.26. The molecular formula is C18H21N5O. The van der Waals surface area contributed by atoms with E-state index >= 15 is 0 Å². The van der Waals surface area contributed by atoms with Gasteiger partial charge in [0.1, 0.15) is 11.9 Å². The number of hydrogen-bond acceptors (Lipinski definition) is 6. The monoisotopic (exact) mass is 323 g/mol. The molecule has 2 aromatic heterocycles. The van der Waals surface area contributed by atoms with Gasteiger partial charge >= 0.3 is 0 Å². The Morgan fingerprint density at radius 3 is 2.75 bits per heavy atom. The van der Waals surface area contributed by atoms with E-state index in [0.29, 0.717) is 11.4 Å². The summed E-state index contributed by atoms with van der Waals surface area (Å²) in [5, 5.41) is 12.7. The highest BCUT2D eigenvalue weighted by molar-refractivity contribution is 5.67. The van der Waals surface area contributed by atoms with Crippen LogP contribution < -0.4 is 5.32 Å². The molecule has 1 aliphatic heterocycles. The lowest BCUT2D eigenvalue weighted by atomic mass is 10.1. The maximum Gasteiger partial charge on any atom is 0.143 e. The van der Waals surface area contributed by atoms with Crippen molar-refractivity contribution in [1.82, 2.24) is 14.9 Å². The zero-order valence-corrected chi connectivity index (χ0v) is 13.6. The summed E-state index contributed by atoms with van der Waals surface area (Å²) in [6.07, 6.45) is 6.28. The van der Waals surface area contributed by atoms with Gasteiger partial charge in [0, 0.05) is 43.8 Å². The molecule has 1 saturated heterocycles. The largest absolute Gasteiger partial charge is 0.379 e. The Hall–Kier alpha value is -2.49. The van der Waals surface area contributed by atoms with Gasteiger partial charge in [-0.05, 0) is 36.7 Å². The van der Waals surface area contributed by atoms with E-state index < -0.39 is 0 Å². The minimum absolute atomic E-state index is 0.565. The summed E-state index contributed by atoms with van der Waals surface area (Å²) in [6.45, 7) is 5.49. The molecule has 1 fully saturated rings. The van der Waals surface area contributed by atoms with Crippen molar-refractivity contribution in [2.24, 2.45) is 0 Å². The third kappa shape index (κ3) is 4.28. The van der Waals surface area contributed by atoms with Crippen LogP contribution in [0.1, 0.15) is 12.0 Å². The molecule has 1 N–H and O–H groups in total. The minimum Gasteiger partial charge on any atom is -0.379 e. The quantitative estimate of drug-likeness (QED) is 0.821. The van der Waals surface area contributed by atoms with Gasteiger partial charge in [0.15, 0.2) is 0 Å². The number of rotatable bonds is 6. The SMILES string of the molecule is N#Cc1cc(-c2ccncc2)cnc1NCCCN1CCOCC1. The first-order chi connectivity index (χ1) is 11.9. The van der Waals surface area contributed by atoms with Crippen molar-refractivity contribution in [3.8, 4) is 17.2 Å². The van der Waals surface area contributed by atoms with Crippen LogP contribution in [0.15, 0.2) is 36.8 Å². The van der Waals surface area contributed by atoms with Gasteiger partial charge in [-0.25, -0.2) is 4.98 Å². The summed E-state index contributed by atoms with van der Waals surface area (Å²) < 4.78 is 5.35. The highest BCUT2D eigenvalue weighted by atomic mass is 16.5. The number of anilines is 1. The predicted molar refractivity (Wildman–Crippen MR) is 92.5 cm³/mol. The fourth-order valence-corrected chi connectivity index (χ4v) is 2.73. The first kappa shape index (κ1) is 16.4. The molecule has 6 heteroatoms. The molecular weight excluding hydrogens is 302 g/mol. The molecule has 124 valence electrons. The van der Waals surface area contributed by atoms with Gasteiger partial charge in [-0.2, -0.15) is 5.26 Å². The number of ether oxygens (including phenoxy) is 1. The molecule has 24 heavy (non-hydrogen) atoms. The topological polar surface area (TPSA) is 74.1 Å². The Labute approximate surface area is 142 Å². The van der Waals surface area contributed by atoms with Crippen molar-refractivity contribution in [1.29, 1.82) is 5.26 Å². The standard InChI is InChI=1S/C18H21N5O/c19-13-16-12-17(15-2-5-20-6-3-15)14-22-18(16)21-4-1-7-23-8-10-24-11-9-23/h2-3,5-6,12,14H,1,4,7-11H2,(H,21,22). The van der Waals surface area contributed by atoms with Crippen LogP contribution in [0, 0.1) is 11.3 Å². The molecule has 3 rings (SSSR count). The van der Waals surface area contributed by atoms with Crippen molar-refractivity contribution < 1.29 is 4.74 Å². The summed E-state index contributed by atoms with van der Waals surface area (Å²) in [4.78, 5) is 10.8. The number of nitrogens with one attached hydrogen (secondary N) is 1. The molecule has 0 atom stereocenters. The van der Waals surface area contributed by atoms with Crippen LogP contribution in [0.4, 0.5) is 5.82 Å². The van der Waals surface area contributed by atoms with Crippen LogP contribution in [0.3, 0.4) is 0 Å². The summed E-state index contributed by atoms with van der Waals surface area (Å²) in [5.74, 6) is 0.650. The molecule has 3 heterocycles. The summed E-state index contributed by atoms with van der Waals surface area (Å²) in [7, 11) is 0. The van der Waals surface area contributed by atoms with Crippen molar-refractivity contribution in [2.45, 2.75) is 6.42 Å². The number of pyridine rings is 2. The highest BCUT2D eigenvalue weighted by Crippen LogP contribution is 2.22. The Balaban J connectivity index is 1.56. The summed E-state index contributed by atoms with van der Waals surface area (Å²) >= 11 is 0. The van der Waals surface area contributed by atoms with Crippen LogP contribution >= 0.6 is 0 Å². The Morgan fingerprint density at radius 1 is 1.21 bits per heavy atom. The van der Waals surface area contributed by atoms with E-state index in [-0.39, 0.29) is 0 Å². The molecule has 1 aliphatic rings. The fraction of sp³-hybridized carbons (Fsp3) is 0.389. The van der Waals surface area contributed by atoms with Gasteiger partial charge < -0.3 is 10.1 Å². The zero-order valence-electron chi connectivity index (χ0n) is 13.6. The van der Waals surface area contributed by atoms with Crippen molar-refractivity contribution in [3.05, 3.63) is 42.4 Å². The Morgan fingerprint density at radius 2 is 2.00 bits per heavy atom. The molecule has 0 bridgehead atoms. The van der Waals surface area contributed by atoms with Gasteiger partial charge in [0.05, 0.1) is 18.8 Å². The van der Waals surface area contributed by atoms with E-state index in [0.717, 1.165) is 56.9 Å². The lowest BCUT2D eigenvalue weighted by molar-refractivity contribution is 0.0378. The first-order valence-electron chi connectivity index (χ1n) is 8.21. The molecule has 0 unspecified atom stereocenters.